The molecule has 0 aliphatic rings. The second-order valence-corrected chi connectivity index (χ2v) is 4.97. The van der Waals surface area contributed by atoms with Crippen molar-refractivity contribution in [3.05, 3.63) is 35.4 Å². The molecule has 1 N–H and O–H groups in total. The Morgan fingerprint density at radius 2 is 1.77 bits per heavy atom. The van der Waals surface area contributed by atoms with Crippen molar-refractivity contribution in [2.45, 2.75) is 20.3 Å². The van der Waals surface area contributed by atoms with Crippen LogP contribution in [0.5, 0.6) is 0 Å². The van der Waals surface area contributed by atoms with Gasteiger partial charge in [-0.3, -0.25) is 14.4 Å². The summed E-state index contributed by atoms with van der Waals surface area (Å²) in [6.07, 6.45) is 0.119. The highest BCUT2D eigenvalue weighted by Gasteiger charge is 2.17. The molecule has 0 bridgehead atoms. The Morgan fingerprint density at radius 1 is 1.14 bits per heavy atom. The number of methoxy groups -OCH3 is 1. The lowest BCUT2D eigenvalue weighted by molar-refractivity contribution is -0.140. The van der Waals surface area contributed by atoms with Crippen LogP contribution in [0.3, 0.4) is 0 Å². The van der Waals surface area contributed by atoms with Gasteiger partial charge in [-0.15, -0.1) is 0 Å². The summed E-state index contributed by atoms with van der Waals surface area (Å²) in [7, 11) is 1.31. The van der Waals surface area contributed by atoms with Gasteiger partial charge in [-0.2, -0.15) is 0 Å². The molecule has 0 aromatic heterocycles. The fourth-order valence-corrected chi connectivity index (χ4v) is 1.89. The number of nitrogens with zero attached hydrogens (tertiary/aromatic N) is 1. The van der Waals surface area contributed by atoms with Crippen molar-refractivity contribution in [3.8, 4) is 0 Å². The van der Waals surface area contributed by atoms with E-state index in [4.69, 9.17) is 0 Å². The number of aryl methyl sites for hydroxylation is 1. The van der Waals surface area contributed by atoms with Gasteiger partial charge in [-0.25, -0.2) is 0 Å². The number of ether oxygens (including phenoxy) is 1. The summed E-state index contributed by atoms with van der Waals surface area (Å²) < 4.78 is 4.60. The molecule has 0 saturated carbocycles. The van der Waals surface area contributed by atoms with Gasteiger partial charge in [0.2, 0.25) is 5.91 Å². The summed E-state index contributed by atoms with van der Waals surface area (Å²) in [4.78, 5) is 36.2. The molecule has 0 spiro atoms. The molecule has 22 heavy (non-hydrogen) atoms. The van der Waals surface area contributed by atoms with E-state index in [1.54, 1.807) is 12.1 Å². The number of amides is 2. The lowest BCUT2D eigenvalue weighted by Gasteiger charge is -2.22. The molecule has 1 aromatic carbocycles. The Morgan fingerprint density at radius 3 is 2.32 bits per heavy atom. The van der Waals surface area contributed by atoms with Crippen LogP contribution in [0.4, 0.5) is 0 Å². The largest absolute Gasteiger partial charge is 0.469 e. The molecule has 0 unspecified atom stereocenters. The van der Waals surface area contributed by atoms with Crippen molar-refractivity contribution in [2.75, 3.05) is 26.7 Å². The third-order valence-corrected chi connectivity index (χ3v) is 3.15. The first-order chi connectivity index (χ1) is 10.4. The zero-order valence-corrected chi connectivity index (χ0v) is 13.2. The molecule has 0 atom stereocenters. The van der Waals surface area contributed by atoms with E-state index in [1.807, 2.05) is 19.1 Å². The molecule has 6 heteroatoms. The number of hydrogen-bond acceptors (Lipinski definition) is 4. The smallest absolute Gasteiger partial charge is 0.307 e. The van der Waals surface area contributed by atoms with E-state index in [2.05, 4.69) is 10.1 Å². The maximum Gasteiger partial charge on any atom is 0.307 e. The number of carbonyl (C=O) groups is 3. The molecule has 0 fully saturated rings. The van der Waals surface area contributed by atoms with E-state index < -0.39 is 0 Å². The van der Waals surface area contributed by atoms with Crippen molar-refractivity contribution in [2.24, 2.45) is 0 Å². The summed E-state index contributed by atoms with van der Waals surface area (Å²) in [6.45, 7) is 4.29. The summed E-state index contributed by atoms with van der Waals surface area (Å²) >= 11 is 0. The fraction of sp³-hybridized carbons (Fsp3) is 0.438. The highest BCUT2D eigenvalue weighted by molar-refractivity contribution is 5.94. The third kappa shape index (κ3) is 5.95. The van der Waals surface area contributed by atoms with Gasteiger partial charge in [0.15, 0.2) is 0 Å². The maximum atomic E-state index is 12.5. The highest BCUT2D eigenvalue weighted by atomic mass is 16.5. The molecule has 0 aliphatic carbocycles. The van der Waals surface area contributed by atoms with E-state index in [1.165, 1.54) is 18.9 Å². The lowest BCUT2D eigenvalue weighted by Crippen LogP contribution is -2.39. The van der Waals surface area contributed by atoms with Crippen molar-refractivity contribution >= 4 is 17.8 Å². The van der Waals surface area contributed by atoms with Crippen LogP contribution in [-0.2, 0) is 14.3 Å². The predicted molar refractivity (Wildman–Crippen MR) is 82.4 cm³/mol. The molecular formula is C16H22N2O4. The summed E-state index contributed by atoms with van der Waals surface area (Å²) in [6, 6.07) is 7.22. The van der Waals surface area contributed by atoms with Crippen LogP contribution in [0, 0.1) is 6.92 Å². The van der Waals surface area contributed by atoms with Gasteiger partial charge in [0, 0.05) is 32.1 Å². The number of carbonyl (C=O) groups excluding carboxylic acids is 3. The molecule has 6 nitrogen and oxygen atoms in total. The van der Waals surface area contributed by atoms with E-state index >= 15 is 0 Å². The fourth-order valence-electron chi connectivity index (χ4n) is 1.89. The molecule has 0 aliphatic heterocycles. The van der Waals surface area contributed by atoms with Crippen molar-refractivity contribution in [1.82, 2.24) is 10.2 Å². The quantitative estimate of drug-likeness (QED) is 0.766. The van der Waals surface area contributed by atoms with Gasteiger partial charge in [0.25, 0.3) is 5.91 Å². The Labute approximate surface area is 130 Å². The zero-order valence-electron chi connectivity index (χ0n) is 13.2. The topological polar surface area (TPSA) is 75.7 Å². The number of esters is 1. The highest BCUT2D eigenvalue weighted by Crippen LogP contribution is 2.08. The Bertz CT molecular complexity index is 525. The number of rotatable bonds is 7. The molecule has 1 aromatic rings. The molecule has 0 saturated heterocycles. The molecule has 2 amide bonds. The zero-order chi connectivity index (χ0) is 16.5. The minimum Gasteiger partial charge on any atom is -0.469 e. The predicted octanol–water partition coefficient (Wildman–Crippen LogP) is 1.14. The van der Waals surface area contributed by atoms with Gasteiger partial charge in [-0.05, 0) is 19.1 Å². The van der Waals surface area contributed by atoms with Gasteiger partial charge in [0.1, 0.15) is 0 Å². The SMILES string of the molecule is COC(=O)CCN(CCNC(C)=O)C(=O)c1ccc(C)cc1. The van der Waals surface area contributed by atoms with Crippen LogP contribution < -0.4 is 5.32 Å². The van der Waals surface area contributed by atoms with Crippen LogP contribution in [0.2, 0.25) is 0 Å². The van der Waals surface area contributed by atoms with Crippen LogP contribution in [0.1, 0.15) is 29.3 Å². The van der Waals surface area contributed by atoms with Crippen LogP contribution >= 0.6 is 0 Å². The van der Waals surface area contributed by atoms with E-state index in [0.717, 1.165) is 5.56 Å². The number of hydrogen-bond donors (Lipinski definition) is 1. The van der Waals surface area contributed by atoms with E-state index in [-0.39, 0.29) is 30.7 Å². The normalized spacial score (nSPS) is 9.95. The van der Waals surface area contributed by atoms with Gasteiger partial charge < -0.3 is 15.0 Å². The minimum absolute atomic E-state index is 0.119. The van der Waals surface area contributed by atoms with Gasteiger partial charge >= 0.3 is 5.97 Å². The number of benzene rings is 1. The summed E-state index contributed by atoms with van der Waals surface area (Å²) in [5, 5.41) is 2.64. The monoisotopic (exact) mass is 306 g/mol. The average Bonchev–Trinajstić information content (AvgIpc) is 2.50. The molecule has 0 radical (unpaired) electrons. The molecular weight excluding hydrogens is 284 g/mol. The van der Waals surface area contributed by atoms with Crippen LogP contribution in [0.15, 0.2) is 24.3 Å². The second kappa shape index (κ2) is 8.81. The average molecular weight is 306 g/mol. The van der Waals surface area contributed by atoms with Gasteiger partial charge in [-0.1, -0.05) is 17.7 Å². The third-order valence-electron chi connectivity index (χ3n) is 3.15. The van der Waals surface area contributed by atoms with Crippen LogP contribution in [0.25, 0.3) is 0 Å². The standard InChI is InChI=1S/C16H22N2O4/c1-12-4-6-14(7-5-12)16(21)18(10-8-15(20)22-3)11-9-17-13(2)19/h4-7H,8-11H2,1-3H3,(H,17,19). The first-order valence-electron chi connectivity index (χ1n) is 7.11. The summed E-state index contributed by atoms with van der Waals surface area (Å²) in [5.41, 5.74) is 1.62. The van der Waals surface area contributed by atoms with E-state index in [9.17, 15) is 14.4 Å². The molecule has 120 valence electrons. The second-order valence-electron chi connectivity index (χ2n) is 4.97. The minimum atomic E-state index is -0.374. The number of nitrogens with one attached hydrogen (secondary N) is 1. The van der Waals surface area contributed by atoms with Gasteiger partial charge in [0.05, 0.1) is 13.5 Å². The first kappa shape index (κ1) is 17.7. The van der Waals surface area contributed by atoms with E-state index in [0.29, 0.717) is 18.7 Å². The Hall–Kier alpha value is -2.37. The maximum absolute atomic E-state index is 12.5. The summed E-state index contributed by atoms with van der Waals surface area (Å²) in [5.74, 6) is -0.703. The first-order valence-corrected chi connectivity index (χ1v) is 7.11. The van der Waals surface area contributed by atoms with Crippen molar-refractivity contribution in [1.29, 1.82) is 0 Å². The van der Waals surface area contributed by atoms with Crippen LogP contribution in [-0.4, -0.2) is 49.4 Å². The molecule has 0 heterocycles. The molecule has 1 rings (SSSR count). The lowest BCUT2D eigenvalue weighted by atomic mass is 10.1. The Kier molecular flexibility index (Phi) is 7.08. The van der Waals surface area contributed by atoms with Crippen molar-refractivity contribution in [3.63, 3.8) is 0 Å². The van der Waals surface area contributed by atoms with Crippen molar-refractivity contribution < 1.29 is 19.1 Å². The Balaban J connectivity index is 2.73.